The minimum atomic E-state index is -8.30. The average molecular weight is 484 g/mol. The molecule has 0 rings (SSSR count). The van der Waals surface area contributed by atoms with Gasteiger partial charge in [0.15, 0.2) is 6.61 Å². The van der Waals surface area contributed by atoms with E-state index in [-0.39, 0.29) is 0 Å². The molecule has 3 nitrogen and oxygen atoms in total. The van der Waals surface area contributed by atoms with Crippen molar-refractivity contribution < 1.29 is 80.1 Å². The van der Waals surface area contributed by atoms with Crippen molar-refractivity contribution in [3.05, 3.63) is 12.2 Å². The van der Waals surface area contributed by atoms with Crippen molar-refractivity contribution in [1.29, 1.82) is 0 Å². The summed E-state index contributed by atoms with van der Waals surface area (Å²) in [7, 11) is 0. The van der Waals surface area contributed by atoms with Crippen LogP contribution in [0.4, 0.5) is 65.9 Å². The first-order chi connectivity index (χ1) is 12.8. The van der Waals surface area contributed by atoms with E-state index in [9.17, 15) is 70.7 Å². The molecule has 0 aliphatic rings. The lowest BCUT2D eigenvalue weighted by atomic mass is 9.97. The molecule has 0 aliphatic heterocycles. The second-order valence-corrected chi connectivity index (χ2v) is 5.41. The zero-order valence-electron chi connectivity index (χ0n) is 13.8. The molecule has 0 bridgehead atoms. The van der Waals surface area contributed by atoms with E-state index in [1.807, 2.05) is 4.74 Å². The Kier molecular flexibility index (Phi) is 7.19. The molecule has 0 spiro atoms. The normalized spacial score (nSPS) is 15.2. The van der Waals surface area contributed by atoms with Gasteiger partial charge in [0.05, 0.1) is 0 Å². The quantitative estimate of drug-likeness (QED) is 0.250. The van der Waals surface area contributed by atoms with Crippen LogP contribution in [0.5, 0.6) is 0 Å². The topological polar surface area (TPSA) is 35.5 Å². The average Bonchev–Trinajstić information content (AvgIpc) is 2.49. The molecule has 0 aliphatic carbocycles. The maximum absolute atomic E-state index is 13.2. The van der Waals surface area contributed by atoms with Crippen LogP contribution < -0.4 is 0 Å². The van der Waals surface area contributed by atoms with E-state index in [0.717, 1.165) is 6.92 Å². The third kappa shape index (κ3) is 4.72. The summed E-state index contributed by atoms with van der Waals surface area (Å²) in [5, 5.41) is 0. The van der Waals surface area contributed by atoms with Gasteiger partial charge in [0.25, 0.3) is 0 Å². The monoisotopic (exact) mass is 484 g/mol. The van der Waals surface area contributed by atoms with Crippen molar-refractivity contribution >= 4 is 5.97 Å². The number of hydrogen-bond donors (Lipinski definition) is 0. The Morgan fingerprint density at radius 3 is 1.40 bits per heavy atom. The molecule has 0 amide bonds. The van der Waals surface area contributed by atoms with Crippen LogP contribution in [0.1, 0.15) is 6.92 Å². The molecule has 0 aromatic carbocycles. The van der Waals surface area contributed by atoms with E-state index < -0.39 is 60.2 Å². The third-order valence-electron chi connectivity index (χ3n) is 2.90. The van der Waals surface area contributed by atoms with Gasteiger partial charge in [-0.2, -0.15) is 65.9 Å². The molecule has 18 heteroatoms. The van der Waals surface area contributed by atoms with E-state index in [1.165, 1.54) is 0 Å². The van der Waals surface area contributed by atoms with E-state index in [0.29, 0.717) is 0 Å². The fourth-order valence-electron chi connectivity index (χ4n) is 1.31. The van der Waals surface area contributed by atoms with Crippen molar-refractivity contribution in [2.24, 2.45) is 0 Å². The highest BCUT2D eigenvalue weighted by Gasteiger charge is 2.91. The summed E-state index contributed by atoms with van der Waals surface area (Å²) in [5.41, 5.74) is -0.677. The lowest BCUT2D eigenvalue weighted by Crippen LogP contribution is -2.70. The van der Waals surface area contributed by atoms with E-state index in [2.05, 4.69) is 11.3 Å². The fraction of sp³-hybridized carbons (Fsp3) is 0.750. The summed E-state index contributed by atoms with van der Waals surface area (Å²) in [6.45, 7) is 0.880. The lowest BCUT2D eigenvalue weighted by Gasteiger charge is -2.39. The Bertz CT molecular complexity index is 664. The second kappa shape index (κ2) is 7.67. The number of hydrogen-bond acceptors (Lipinski definition) is 3. The predicted molar refractivity (Wildman–Crippen MR) is 62.6 cm³/mol. The zero-order valence-corrected chi connectivity index (χ0v) is 13.8. The van der Waals surface area contributed by atoms with Crippen molar-refractivity contribution in [2.75, 3.05) is 6.61 Å². The zero-order chi connectivity index (χ0) is 24.8. The summed E-state index contributed by atoms with van der Waals surface area (Å²) in [6.07, 6.45) is -21.0. The molecule has 0 heterocycles. The van der Waals surface area contributed by atoms with Crippen LogP contribution in [-0.2, 0) is 14.3 Å². The molecular formula is C12H7F15O3. The molecule has 0 N–H and O–H groups in total. The molecule has 30 heavy (non-hydrogen) atoms. The number of esters is 1. The molecule has 0 radical (unpaired) electrons. The summed E-state index contributed by atoms with van der Waals surface area (Å²) in [6, 6.07) is 0. The summed E-state index contributed by atoms with van der Waals surface area (Å²) < 4.78 is 197. The minimum absolute atomic E-state index is 0.677. The van der Waals surface area contributed by atoms with Gasteiger partial charge in [-0.05, 0) is 6.92 Å². The molecule has 0 saturated carbocycles. The Hall–Kier alpha value is -1.88. The number of alkyl halides is 15. The van der Waals surface area contributed by atoms with Gasteiger partial charge in [0.2, 0.25) is 0 Å². The highest BCUT2D eigenvalue weighted by molar-refractivity contribution is 5.86. The van der Waals surface area contributed by atoms with Crippen LogP contribution in [0.2, 0.25) is 0 Å². The first-order valence-corrected chi connectivity index (χ1v) is 6.65. The highest BCUT2D eigenvalue weighted by Crippen LogP contribution is 2.60. The van der Waals surface area contributed by atoms with Crippen molar-refractivity contribution in [2.45, 2.75) is 49.0 Å². The van der Waals surface area contributed by atoms with Crippen LogP contribution in [0.25, 0.3) is 0 Å². The van der Waals surface area contributed by atoms with Crippen molar-refractivity contribution in [1.82, 2.24) is 0 Å². The van der Waals surface area contributed by atoms with E-state index in [4.69, 9.17) is 0 Å². The van der Waals surface area contributed by atoms with Crippen LogP contribution in [-0.4, -0.2) is 54.7 Å². The Morgan fingerprint density at radius 1 is 0.700 bits per heavy atom. The third-order valence-corrected chi connectivity index (χ3v) is 2.90. The van der Waals surface area contributed by atoms with Crippen LogP contribution in [0, 0.1) is 0 Å². The molecule has 0 fully saturated rings. The fourth-order valence-corrected chi connectivity index (χ4v) is 1.31. The first-order valence-electron chi connectivity index (χ1n) is 6.65. The van der Waals surface area contributed by atoms with Gasteiger partial charge in [-0.3, -0.25) is 0 Å². The Labute approximate surface area is 155 Å². The van der Waals surface area contributed by atoms with Crippen molar-refractivity contribution in [3.63, 3.8) is 0 Å². The van der Waals surface area contributed by atoms with Crippen LogP contribution in [0.15, 0.2) is 12.2 Å². The van der Waals surface area contributed by atoms with Crippen LogP contribution >= 0.6 is 0 Å². The first kappa shape index (κ1) is 28.1. The van der Waals surface area contributed by atoms with Gasteiger partial charge in [-0.25, -0.2) is 9.53 Å². The number of rotatable bonds is 9. The SMILES string of the molecule is C=C(C)C(=O)OCC(F)(F)OC(F)(F)C(F)(F)C(F)(F)C(F)(F)C(F)(F)C(F)(F)F. The van der Waals surface area contributed by atoms with E-state index in [1.54, 1.807) is 0 Å². The molecule has 0 saturated heterocycles. The summed E-state index contributed by atoms with van der Waals surface area (Å²) in [4.78, 5) is 10.8. The van der Waals surface area contributed by atoms with Gasteiger partial charge in [-0.1, -0.05) is 6.58 Å². The molecule has 0 atom stereocenters. The molecule has 178 valence electrons. The van der Waals surface area contributed by atoms with E-state index >= 15 is 0 Å². The number of carbonyl (C=O) groups is 1. The summed E-state index contributed by atoms with van der Waals surface area (Å²) in [5.74, 6) is -34.4. The molecule has 0 aromatic heterocycles. The van der Waals surface area contributed by atoms with Gasteiger partial charge >= 0.3 is 48.1 Å². The maximum Gasteiger partial charge on any atom is 0.460 e. The smallest absolute Gasteiger partial charge is 0.453 e. The largest absolute Gasteiger partial charge is 0.460 e. The number of halogens is 15. The van der Waals surface area contributed by atoms with Crippen molar-refractivity contribution in [3.8, 4) is 0 Å². The number of ether oxygens (including phenoxy) is 2. The van der Waals surface area contributed by atoms with Gasteiger partial charge in [0, 0.05) is 5.57 Å². The standard InChI is InChI=1S/C12H7F15O3/c1-4(2)5(28)29-3-6(13,14)30-12(26,27)10(21,22)8(17,18)7(15,16)9(19,20)11(23,24)25/h1,3H2,2H3. The predicted octanol–water partition coefficient (Wildman–Crippen LogP) is 5.41. The number of carbonyl (C=O) groups excluding carboxylic acids is 1. The Morgan fingerprint density at radius 2 is 1.07 bits per heavy atom. The highest BCUT2D eigenvalue weighted by atomic mass is 19.4. The van der Waals surface area contributed by atoms with Crippen LogP contribution in [0.3, 0.4) is 0 Å². The van der Waals surface area contributed by atoms with Gasteiger partial charge in [0.1, 0.15) is 0 Å². The maximum atomic E-state index is 13.2. The lowest BCUT2D eigenvalue weighted by molar-refractivity contribution is -0.493. The second-order valence-electron chi connectivity index (χ2n) is 5.41. The molecule has 0 aromatic rings. The molecule has 0 unspecified atom stereocenters. The molecular weight excluding hydrogens is 477 g/mol. The minimum Gasteiger partial charge on any atom is -0.453 e. The Balaban J connectivity index is 6.01. The van der Waals surface area contributed by atoms with Gasteiger partial charge < -0.3 is 4.74 Å². The van der Waals surface area contributed by atoms with Gasteiger partial charge in [-0.15, -0.1) is 0 Å². The summed E-state index contributed by atoms with van der Waals surface area (Å²) >= 11 is 0.